The first-order chi connectivity index (χ1) is 13.1. The van der Waals surface area contributed by atoms with Crippen LogP contribution in [0.5, 0.6) is 0 Å². The molecule has 2 aliphatic rings. The van der Waals surface area contributed by atoms with E-state index >= 15 is 0 Å². The molecular formula is C21H21FN2O3. The standard InChI is InChI=1S/C21H21FN2O3/c22-16-5-3-4-15(14-16)21(10-1-2-11-21)19(25)23-17-6-8-18(9-7-17)24-12-13-27-20(24)26/h3-9,14H,1-2,10-13H2,(H,23,25). The summed E-state index contributed by atoms with van der Waals surface area (Å²) in [6.07, 6.45) is 2.95. The molecule has 1 aliphatic heterocycles. The van der Waals surface area contributed by atoms with Gasteiger partial charge in [-0.25, -0.2) is 9.18 Å². The molecule has 5 nitrogen and oxygen atoms in total. The van der Waals surface area contributed by atoms with Gasteiger partial charge in [-0.1, -0.05) is 25.0 Å². The van der Waals surface area contributed by atoms with Crippen molar-refractivity contribution >= 4 is 23.4 Å². The van der Waals surface area contributed by atoms with Gasteiger partial charge in [-0.2, -0.15) is 0 Å². The Hall–Kier alpha value is -2.89. The first-order valence-electron chi connectivity index (χ1n) is 9.20. The third kappa shape index (κ3) is 3.27. The lowest BCUT2D eigenvalue weighted by Gasteiger charge is -2.28. The topological polar surface area (TPSA) is 58.6 Å². The highest BCUT2D eigenvalue weighted by Crippen LogP contribution is 2.42. The average molecular weight is 368 g/mol. The molecule has 0 unspecified atom stereocenters. The fourth-order valence-corrected chi connectivity index (χ4v) is 4.01. The minimum absolute atomic E-state index is 0.112. The summed E-state index contributed by atoms with van der Waals surface area (Å²) >= 11 is 0. The molecule has 1 saturated carbocycles. The van der Waals surface area contributed by atoms with Crippen molar-refractivity contribution in [3.05, 3.63) is 59.9 Å². The van der Waals surface area contributed by atoms with Gasteiger partial charge in [-0.3, -0.25) is 9.69 Å². The van der Waals surface area contributed by atoms with E-state index < -0.39 is 5.41 Å². The average Bonchev–Trinajstić information content (AvgIpc) is 3.32. The molecule has 0 radical (unpaired) electrons. The quantitative estimate of drug-likeness (QED) is 0.878. The second-order valence-corrected chi connectivity index (χ2v) is 7.07. The lowest BCUT2D eigenvalue weighted by molar-refractivity contribution is -0.121. The molecule has 0 bridgehead atoms. The molecule has 1 saturated heterocycles. The number of ether oxygens (including phenoxy) is 1. The summed E-state index contributed by atoms with van der Waals surface area (Å²) < 4.78 is 18.7. The molecule has 0 aromatic heterocycles. The van der Waals surface area contributed by atoms with Gasteiger partial charge in [-0.15, -0.1) is 0 Å². The molecule has 1 N–H and O–H groups in total. The van der Waals surface area contributed by atoms with Crippen LogP contribution >= 0.6 is 0 Å². The van der Waals surface area contributed by atoms with Gasteiger partial charge in [0.1, 0.15) is 12.4 Å². The SMILES string of the molecule is O=C1OCCN1c1ccc(NC(=O)C2(c3cccc(F)c3)CCCC2)cc1. The second-order valence-electron chi connectivity index (χ2n) is 7.07. The first kappa shape index (κ1) is 17.5. The van der Waals surface area contributed by atoms with E-state index in [0.717, 1.165) is 24.1 Å². The normalized spacial score (nSPS) is 18.4. The van der Waals surface area contributed by atoms with Crippen LogP contribution in [0.15, 0.2) is 48.5 Å². The number of hydrogen-bond donors (Lipinski definition) is 1. The summed E-state index contributed by atoms with van der Waals surface area (Å²) in [5.41, 5.74) is 1.42. The Morgan fingerprint density at radius 3 is 2.48 bits per heavy atom. The minimum Gasteiger partial charge on any atom is -0.447 e. The van der Waals surface area contributed by atoms with Crippen molar-refractivity contribution in [3.63, 3.8) is 0 Å². The number of carbonyl (C=O) groups excluding carboxylic acids is 2. The largest absolute Gasteiger partial charge is 0.447 e. The summed E-state index contributed by atoms with van der Waals surface area (Å²) in [4.78, 5) is 26.3. The summed E-state index contributed by atoms with van der Waals surface area (Å²) in [7, 11) is 0. The molecule has 2 fully saturated rings. The Morgan fingerprint density at radius 1 is 1.11 bits per heavy atom. The van der Waals surface area contributed by atoms with Crippen LogP contribution in [0.4, 0.5) is 20.6 Å². The molecule has 2 amide bonds. The number of benzene rings is 2. The predicted molar refractivity (Wildman–Crippen MR) is 100 cm³/mol. The summed E-state index contributed by atoms with van der Waals surface area (Å²) in [5.74, 6) is -0.438. The van der Waals surface area contributed by atoms with Crippen molar-refractivity contribution in [3.8, 4) is 0 Å². The van der Waals surface area contributed by atoms with E-state index in [2.05, 4.69) is 5.32 Å². The number of halogens is 1. The van der Waals surface area contributed by atoms with Crippen molar-refractivity contribution in [1.29, 1.82) is 0 Å². The monoisotopic (exact) mass is 368 g/mol. The van der Waals surface area contributed by atoms with Gasteiger partial charge in [-0.05, 0) is 54.8 Å². The predicted octanol–water partition coefficient (Wildman–Crippen LogP) is 4.23. The number of amides is 2. The number of rotatable bonds is 4. The maximum Gasteiger partial charge on any atom is 0.414 e. The maximum atomic E-state index is 13.7. The molecule has 4 rings (SSSR count). The van der Waals surface area contributed by atoms with Gasteiger partial charge in [0, 0.05) is 11.4 Å². The lowest BCUT2D eigenvalue weighted by Crippen LogP contribution is -2.38. The molecule has 140 valence electrons. The highest BCUT2D eigenvalue weighted by Gasteiger charge is 2.42. The van der Waals surface area contributed by atoms with Crippen molar-refractivity contribution in [2.75, 3.05) is 23.4 Å². The van der Waals surface area contributed by atoms with Crippen molar-refractivity contribution < 1.29 is 18.7 Å². The van der Waals surface area contributed by atoms with Gasteiger partial charge in [0.25, 0.3) is 0 Å². The highest BCUT2D eigenvalue weighted by molar-refractivity contribution is 5.99. The smallest absolute Gasteiger partial charge is 0.414 e. The van der Waals surface area contributed by atoms with Crippen LogP contribution in [-0.4, -0.2) is 25.2 Å². The van der Waals surface area contributed by atoms with E-state index in [1.165, 1.54) is 12.1 Å². The second kappa shape index (κ2) is 7.02. The third-order valence-electron chi connectivity index (χ3n) is 5.47. The molecule has 2 aromatic carbocycles. The van der Waals surface area contributed by atoms with E-state index in [1.807, 2.05) is 6.07 Å². The van der Waals surface area contributed by atoms with Crippen molar-refractivity contribution in [2.45, 2.75) is 31.1 Å². The van der Waals surface area contributed by atoms with Gasteiger partial charge in [0.05, 0.1) is 12.0 Å². The molecule has 2 aromatic rings. The number of hydrogen-bond acceptors (Lipinski definition) is 3. The van der Waals surface area contributed by atoms with Crippen LogP contribution < -0.4 is 10.2 Å². The van der Waals surface area contributed by atoms with Crippen LogP contribution in [0.1, 0.15) is 31.2 Å². The first-order valence-corrected chi connectivity index (χ1v) is 9.20. The summed E-state index contributed by atoms with van der Waals surface area (Å²) in [5, 5.41) is 2.98. The van der Waals surface area contributed by atoms with Crippen LogP contribution in [0.2, 0.25) is 0 Å². The Kier molecular flexibility index (Phi) is 4.56. The van der Waals surface area contributed by atoms with E-state index in [-0.39, 0.29) is 17.8 Å². The third-order valence-corrected chi connectivity index (χ3v) is 5.47. The Labute approximate surface area is 157 Å². The zero-order valence-electron chi connectivity index (χ0n) is 14.9. The minimum atomic E-state index is -0.695. The Morgan fingerprint density at radius 2 is 1.85 bits per heavy atom. The van der Waals surface area contributed by atoms with Crippen molar-refractivity contribution in [2.24, 2.45) is 0 Å². The van der Waals surface area contributed by atoms with Gasteiger partial charge >= 0.3 is 6.09 Å². The Balaban J connectivity index is 1.54. The number of nitrogens with zero attached hydrogens (tertiary/aromatic N) is 1. The molecule has 27 heavy (non-hydrogen) atoms. The van der Waals surface area contributed by atoms with E-state index in [0.29, 0.717) is 31.7 Å². The molecule has 6 heteroatoms. The van der Waals surface area contributed by atoms with Gasteiger partial charge in [0.15, 0.2) is 0 Å². The van der Waals surface area contributed by atoms with E-state index in [9.17, 15) is 14.0 Å². The maximum absolute atomic E-state index is 13.7. The highest BCUT2D eigenvalue weighted by atomic mass is 19.1. The van der Waals surface area contributed by atoms with Gasteiger partial charge in [0.2, 0.25) is 5.91 Å². The molecule has 0 atom stereocenters. The molecule has 1 heterocycles. The Bertz CT molecular complexity index is 860. The van der Waals surface area contributed by atoms with Crippen molar-refractivity contribution in [1.82, 2.24) is 0 Å². The van der Waals surface area contributed by atoms with Crippen LogP contribution in [0.3, 0.4) is 0 Å². The zero-order valence-corrected chi connectivity index (χ0v) is 14.9. The zero-order chi connectivity index (χ0) is 18.9. The molecular weight excluding hydrogens is 347 g/mol. The number of carbonyl (C=O) groups is 2. The number of cyclic esters (lactones) is 1. The van der Waals surface area contributed by atoms with E-state index in [4.69, 9.17) is 4.74 Å². The lowest BCUT2D eigenvalue weighted by atomic mass is 9.78. The molecule has 0 spiro atoms. The number of nitrogens with one attached hydrogen (secondary N) is 1. The fraction of sp³-hybridized carbons (Fsp3) is 0.333. The summed E-state index contributed by atoms with van der Waals surface area (Å²) in [6, 6.07) is 13.5. The van der Waals surface area contributed by atoms with E-state index in [1.54, 1.807) is 35.2 Å². The van der Waals surface area contributed by atoms with Crippen LogP contribution in [-0.2, 0) is 14.9 Å². The number of anilines is 2. The summed E-state index contributed by atoms with van der Waals surface area (Å²) in [6.45, 7) is 0.903. The van der Waals surface area contributed by atoms with Crippen LogP contribution in [0.25, 0.3) is 0 Å². The molecule has 1 aliphatic carbocycles. The van der Waals surface area contributed by atoms with Gasteiger partial charge < -0.3 is 10.1 Å². The fourth-order valence-electron chi connectivity index (χ4n) is 4.01. The van der Waals surface area contributed by atoms with Crippen LogP contribution in [0, 0.1) is 5.82 Å².